The monoisotopic (exact) mass is 437 g/mol. The minimum absolute atomic E-state index is 0.0583. The van der Waals surface area contributed by atoms with Gasteiger partial charge in [0.15, 0.2) is 0 Å². The van der Waals surface area contributed by atoms with Gasteiger partial charge in [0.2, 0.25) is 0 Å². The number of aryl methyl sites for hydroxylation is 1. The van der Waals surface area contributed by atoms with Crippen LogP contribution >= 0.6 is 0 Å². The van der Waals surface area contributed by atoms with E-state index in [1.54, 1.807) is 0 Å². The highest BCUT2D eigenvalue weighted by atomic mass is 16.5. The SMILES string of the molecule is CC(C)Oc1ccc(C(=O)NC[C@H](c2ccc3c(c2)CCCN3C)N2CCOCC2)cc1. The number of hydrogen-bond acceptors (Lipinski definition) is 5. The lowest BCUT2D eigenvalue weighted by molar-refractivity contribution is 0.0162. The molecule has 6 heteroatoms. The molecule has 0 bridgehead atoms. The second-order valence-corrected chi connectivity index (χ2v) is 8.98. The first kappa shape index (κ1) is 22.6. The second kappa shape index (κ2) is 10.4. The van der Waals surface area contributed by atoms with Crippen molar-refractivity contribution in [3.63, 3.8) is 0 Å². The van der Waals surface area contributed by atoms with E-state index in [2.05, 4.69) is 40.4 Å². The highest BCUT2D eigenvalue weighted by Crippen LogP contribution is 2.31. The lowest BCUT2D eigenvalue weighted by Crippen LogP contribution is -2.44. The summed E-state index contributed by atoms with van der Waals surface area (Å²) in [6.45, 7) is 8.87. The van der Waals surface area contributed by atoms with Gasteiger partial charge in [-0.1, -0.05) is 12.1 Å². The molecule has 2 aromatic carbocycles. The molecule has 6 nitrogen and oxygen atoms in total. The molecule has 1 fully saturated rings. The van der Waals surface area contributed by atoms with E-state index < -0.39 is 0 Å². The molecule has 0 aliphatic carbocycles. The minimum atomic E-state index is -0.0583. The Kier molecular flexibility index (Phi) is 7.33. The predicted octanol–water partition coefficient (Wildman–Crippen LogP) is 3.66. The lowest BCUT2D eigenvalue weighted by atomic mass is 9.95. The molecular formula is C26H35N3O3. The van der Waals surface area contributed by atoms with Gasteiger partial charge < -0.3 is 19.7 Å². The highest BCUT2D eigenvalue weighted by molar-refractivity contribution is 5.94. The van der Waals surface area contributed by atoms with Crippen molar-refractivity contribution in [3.8, 4) is 5.75 Å². The number of morpholine rings is 1. The van der Waals surface area contributed by atoms with E-state index in [1.807, 2.05) is 38.1 Å². The van der Waals surface area contributed by atoms with E-state index in [1.165, 1.54) is 23.2 Å². The molecule has 2 aliphatic heterocycles. The first-order valence-electron chi connectivity index (χ1n) is 11.7. The van der Waals surface area contributed by atoms with Crippen LogP contribution in [0.25, 0.3) is 0 Å². The number of anilines is 1. The fourth-order valence-electron chi connectivity index (χ4n) is 4.61. The summed E-state index contributed by atoms with van der Waals surface area (Å²) in [5, 5.41) is 3.17. The maximum absolute atomic E-state index is 12.9. The average Bonchev–Trinajstić information content (AvgIpc) is 2.80. The number of fused-ring (bicyclic) bond motifs is 1. The average molecular weight is 438 g/mol. The van der Waals surface area contributed by atoms with Gasteiger partial charge in [-0.2, -0.15) is 0 Å². The molecule has 0 spiro atoms. The van der Waals surface area contributed by atoms with Crippen molar-refractivity contribution < 1.29 is 14.3 Å². The highest BCUT2D eigenvalue weighted by Gasteiger charge is 2.25. The molecule has 0 unspecified atom stereocenters. The van der Waals surface area contributed by atoms with E-state index in [9.17, 15) is 4.79 Å². The van der Waals surface area contributed by atoms with E-state index >= 15 is 0 Å². The smallest absolute Gasteiger partial charge is 0.251 e. The van der Waals surface area contributed by atoms with E-state index in [0.29, 0.717) is 12.1 Å². The van der Waals surface area contributed by atoms with Crippen LogP contribution in [0, 0.1) is 0 Å². The summed E-state index contributed by atoms with van der Waals surface area (Å²) in [6, 6.07) is 14.3. The van der Waals surface area contributed by atoms with Crippen LogP contribution < -0.4 is 15.0 Å². The molecule has 1 N–H and O–H groups in total. The van der Waals surface area contributed by atoms with Gasteiger partial charge in [-0.05, 0) is 68.1 Å². The summed E-state index contributed by atoms with van der Waals surface area (Å²) in [7, 11) is 2.16. The van der Waals surface area contributed by atoms with E-state index in [4.69, 9.17) is 9.47 Å². The Balaban J connectivity index is 1.48. The third-order valence-corrected chi connectivity index (χ3v) is 6.27. The summed E-state index contributed by atoms with van der Waals surface area (Å²) < 4.78 is 11.3. The van der Waals surface area contributed by atoms with Gasteiger partial charge in [-0.25, -0.2) is 0 Å². The van der Waals surface area contributed by atoms with Crippen LogP contribution in [0.15, 0.2) is 42.5 Å². The van der Waals surface area contributed by atoms with Gasteiger partial charge in [0, 0.05) is 44.5 Å². The topological polar surface area (TPSA) is 54.0 Å². The van der Waals surface area contributed by atoms with Crippen LogP contribution in [0.2, 0.25) is 0 Å². The molecule has 1 saturated heterocycles. The summed E-state index contributed by atoms with van der Waals surface area (Å²) >= 11 is 0. The molecule has 0 aromatic heterocycles. The van der Waals surface area contributed by atoms with Crippen LogP contribution in [0.5, 0.6) is 5.75 Å². The first-order valence-corrected chi connectivity index (χ1v) is 11.7. The Hall–Kier alpha value is -2.57. The lowest BCUT2D eigenvalue weighted by Gasteiger charge is -2.36. The summed E-state index contributed by atoms with van der Waals surface area (Å²) in [4.78, 5) is 17.6. The van der Waals surface area contributed by atoms with Crippen molar-refractivity contribution >= 4 is 11.6 Å². The Morgan fingerprint density at radius 3 is 2.56 bits per heavy atom. The number of hydrogen-bond donors (Lipinski definition) is 1. The minimum Gasteiger partial charge on any atom is -0.491 e. The molecule has 4 rings (SSSR count). The van der Waals surface area contributed by atoms with Crippen LogP contribution in [0.4, 0.5) is 5.69 Å². The molecule has 0 saturated carbocycles. The number of nitrogens with one attached hydrogen (secondary N) is 1. The maximum Gasteiger partial charge on any atom is 0.251 e. The summed E-state index contributed by atoms with van der Waals surface area (Å²) in [6.07, 6.45) is 2.41. The molecule has 2 aromatic rings. The molecule has 1 atom stereocenters. The molecular weight excluding hydrogens is 402 g/mol. The molecule has 2 aliphatic rings. The zero-order valence-electron chi connectivity index (χ0n) is 19.5. The number of nitrogens with zero attached hydrogens (tertiary/aromatic N) is 2. The quantitative estimate of drug-likeness (QED) is 0.717. The Morgan fingerprint density at radius 2 is 1.84 bits per heavy atom. The third-order valence-electron chi connectivity index (χ3n) is 6.27. The fraction of sp³-hybridized carbons (Fsp3) is 0.500. The number of benzene rings is 2. The molecule has 32 heavy (non-hydrogen) atoms. The van der Waals surface area contributed by atoms with Gasteiger partial charge in [0.05, 0.1) is 25.4 Å². The Morgan fingerprint density at radius 1 is 1.09 bits per heavy atom. The standard InChI is InChI=1S/C26H35N3O3/c1-19(2)32-23-9-6-20(7-10-23)26(30)27-18-25(29-13-15-31-16-14-29)22-8-11-24-21(17-22)5-4-12-28(24)3/h6-11,17,19,25H,4-5,12-16,18H2,1-3H3,(H,27,30)/t25-/m1/s1. The summed E-state index contributed by atoms with van der Waals surface area (Å²) in [5.41, 5.74) is 4.64. The Bertz CT molecular complexity index is 907. The normalized spacial score (nSPS) is 17.7. The molecule has 0 radical (unpaired) electrons. The van der Waals surface area contributed by atoms with Crippen LogP contribution in [-0.2, 0) is 11.2 Å². The van der Waals surface area contributed by atoms with Crippen molar-refractivity contribution in [2.75, 3.05) is 51.3 Å². The summed E-state index contributed by atoms with van der Waals surface area (Å²) in [5.74, 6) is 0.721. The van der Waals surface area contributed by atoms with Crippen molar-refractivity contribution in [3.05, 3.63) is 59.2 Å². The van der Waals surface area contributed by atoms with Crippen LogP contribution in [0.1, 0.15) is 47.8 Å². The van der Waals surface area contributed by atoms with E-state index in [-0.39, 0.29) is 18.1 Å². The number of carbonyl (C=O) groups is 1. The molecule has 172 valence electrons. The van der Waals surface area contributed by atoms with Gasteiger partial charge in [-0.15, -0.1) is 0 Å². The van der Waals surface area contributed by atoms with Gasteiger partial charge in [-0.3, -0.25) is 9.69 Å². The number of amides is 1. The zero-order chi connectivity index (χ0) is 22.5. The second-order valence-electron chi connectivity index (χ2n) is 8.98. The van der Waals surface area contributed by atoms with Crippen molar-refractivity contribution in [2.45, 2.75) is 38.8 Å². The van der Waals surface area contributed by atoms with Gasteiger partial charge >= 0.3 is 0 Å². The first-order chi connectivity index (χ1) is 15.5. The van der Waals surface area contributed by atoms with Gasteiger partial charge in [0.1, 0.15) is 5.75 Å². The Labute approximate surface area is 191 Å². The van der Waals surface area contributed by atoms with Crippen molar-refractivity contribution in [1.82, 2.24) is 10.2 Å². The van der Waals surface area contributed by atoms with Crippen molar-refractivity contribution in [1.29, 1.82) is 0 Å². The number of rotatable bonds is 7. The number of carbonyl (C=O) groups excluding carboxylic acids is 1. The van der Waals surface area contributed by atoms with E-state index in [0.717, 1.165) is 45.0 Å². The zero-order valence-corrected chi connectivity index (χ0v) is 19.5. The predicted molar refractivity (Wildman–Crippen MR) is 128 cm³/mol. The van der Waals surface area contributed by atoms with Crippen LogP contribution in [0.3, 0.4) is 0 Å². The molecule has 2 heterocycles. The number of ether oxygens (including phenoxy) is 2. The van der Waals surface area contributed by atoms with Gasteiger partial charge in [0.25, 0.3) is 5.91 Å². The van der Waals surface area contributed by atoms with Crippen molar-refractivity contribution in [2.24, 2.45) is 0 Å². The largest absolute Gasteiger partial charge is 0.491 e. The maximum atomic E-state index is 12.9. The fourth-order valence-corrected chi connectivity index (χ4v) is 4.61. The van der Waals surface area contributed by atoms with Crippen LogP contribution in [-0.4, -0.2) is 63.4 Å². The molecule has 1 amide bonds. The third kappa shape index (κ3) is 5.43.